The lowest BCUT2D eigenvalue weighted by Gasteiger charge is -2.52. The number of hydrogen-bond acceptors (Lipinski definition) is 6. The summed E-state index contributed by atoms with van der Waals surface area (Å²) in [6, 6.07) is -0.544. The molecule has 8 heteroatoms. The number of likely N-dealkylation sites (N-methyl/N-ethyl adjacent to an activating group) is 1. The van der Waals surface area contributed by atoms with Gasteiger partial charge in [0.15, 0.2) is 5.79 Å². The van der Waals surface area contributed by atoms with Crippen LogP contribution in [-0.2, 0) is 19.1 Å². The molecule has 1 spiro atoms. The van der Waals surface area contributed by atoms with Crippen LogP contribution in [0.2, 0.25) is 0 Å². The van der Waals surface area contributed by atoms with Gasteiger partial charge in [0.25, 0.3) is 0 Å². The van der Waals surface area contributed by atoms with Crippen LogP contribution < -0.4 is 0 Å². The van der Waals surface area contributed by atoms with Crippen molar-refractivity contribution >= 4 is 11.8 Å². The third-order valence-corrected chi connectivity index (χ3v) is 8.92. The van der Waals surface area contributed by atoms with E-state index < -0.39 is 11.8 Å². The smallest absolute Gasteiger partial charge is 0.245 e. The maximum Gasteiger partial charge on any atom is 0.245 e. The Kier molecular flexibility index (Phi) is 8.93. The third kappa shape index (κ3) is 6.51. The van der Waals surface area contributed by atoms with E-state index in [0.717, 1.165) is 19.5 Å². The molecule has 0 radical (unpaired) electrons. The standard InChI is InChI=1S/C29H52N4O4/c1-21(2)15-24-26(34)33(14-13-30(24)7)25(16-22(3)4)27(35)32-12-9-29(17-23(32)5)36-19-28(6,20-37-29)18-31-10-8-11-31/h21-25H,8-20H2,1-7H3/t23-,24-,25-,28?,29?/m0/s1. The maximum absolute atomic E-state index is 14.1. The zero-order valence-electron chi connectivity index (χ0n) is 24.5. The lowest BCUT2D eigenvalue weighted by Crippen LogP contribution is -2.64. The van der Waals surface area contributed by atoms with Gasteiger partial charge in [0.2, 0.25) is 11.8 Å². The van der Waals surface area contributed by atoms with Gasteiger partial charge in [-0.05, 0) is 58.2 Å². The lowest BCUT2D eigenvalue weighted by atomic mass is 9.87. The van der Waals surface area contributed by atoms with Gasteiger partial charge in [-0.2, -0.15) is 0 Å². The summed E-state index contributed by atoms with van der Waals surface area (Å²) in [5, 5.41) is 0. The van der Waals surface area contributed by atoms with Gasteiger partial charge in [-0.3, -0.25) is 14.5 Å². The molecular formula is C29H52N4O4. The molecule has 212 valence electrons. The zero-order valence-corrected chi connectivity index (χ0v) is 24.5. The van der Waals surface area contributed by atoms with Crippen molar-refractivity contribution in [2.24, 2.45) is 17.3 Å². The molecule has 0 aliphatic carbocycles. The normalized spacial score (nSPS) is 34.9. The molecule has 4 rings (SSSR count). The molecule has 4 fully saturated rings. The van der Waals surface area contributed by atoms with Gasteiger partial charge < -0.3 is 24.2 Å². The highest BCUT2D eigenvalue weighted by Crippen LogP contribution is 2.40. The van der Waals surface area contributed by atoms with E-state index >= 15 is 0 Å². The van der Waals surface area contributed by atoms with Crippen LogP contribution in [0.5, 0.6) is 0 Å². The molecule has 3 atom stereocenters. The molecule has 0 N–H and O–H groups in total. The van der Waals surface area contributed by atoms with Crippen molar-refractivity contribution in [1.82, 2.24) is 19.6 Å². The first-order valence-corrected chi connectivity index (χ1v) is 14.7. The number of nitrogens with zero attached hydrogens (tertiary/aromatic N) is 4. The predicted octanol–water partition coefficient (Wildman–Crippen LogP) is 3.06. The summed E-state index contributed by atoms with van der Waals surface area (Å²) in [4.78, 5) is 36.3. The van der Waals surface area contributed by atoms with Crippen molar-refractivity contribution in [3.63, 3.8) is 0 Å². The van der Waals surface area contributed by atoms with Crippen LogP contribution in [0.3, 0.4) is 0 Å². The van der Waals surface area contributed by atoms with Crippen LogP contribution in [0.4, 0.5) is 0 Å². The molecule has 4 aliphatic rings. The summed E-state index contributed by atoms with van der Waals surface area (Å²) in [7, 11) is 2.03. The number of carbonyl (C=O) groups excluding carboxylic acids is 2. The number of hydrogen-bond donors (Lipinski definition) is 0. The first-order valence-electron chi connectivity index (χ1n) is 14.7. The van der Waals surface area contributed by atoms with Gasteiger partial charge in [-0.1, -0.05) is 34.6 Å². The first-order chi connectivity index (χ1) is 17.4. The quantitative estimate of drug-likeness (QED) is 0.490. The van der Waals surface area contributed by atoms with Crippen LogP contribution in [-0.4, -0.2) is 115 Å². The zero-order chi connectivity index (χ0) is 27.0. The summed E-state index contributed by atoms with van der Waals surface area (Å²) in [5.74, 6) is 0.367. The Morgan fingerprint density at radius 1 is 1.03 bits per heavy atom. The monoisotopic (exact) mass is 520 g/mol. The Labute approximate surface area is 225 Å². The van der Waals surface area contributed by atoms with E-state index in [1.54, 1.807) is 0 Å². The topological polar surface area (TPSA) is 65.6 Å². The van der Waals surface area contributed by atoms with E-state index in [4.69, 9.17) is 9.47 Å². The van der Waals surface area contributed by atoms with E-state index in [1.807, 2.05) is 16.8 Å². The Balaban J connectivity index is 1.41. The third-order valence-electron chi connectivity index (χ3n) is 8.92. The average Bonchev–Trinajstić information content (AvgIpc) is 2.80. The average molecular weight is 521 g/mol. The van der Waals surface area contributed by atoms with Gasteiger partial charge >= 0.3 is 0 Å². The Hall–Kier alpha value is -1.22. The van der Waals surface area contributed by atoms with Crippen LogP contribution in [0.25, 0.3) is 0 Å². The van der Waals surface area contributed by atoms with Gasteiger partial charge in [-0.15, -0.1) is 0 Å². The van der Waals surface area contributed by atoms with Crippen molar-refractivity contribution < 1.29 is 19.1 Å². The Morgan fingerprint density at radius 3 is 2.24 bits per heavy atom. The molecule has 0 aromatic rings. The van der Waals surface area contributed by atoms with Gasteiger partial charge in [-0.25, -0.2) is 0 Å². The summed E-state index contributed by atoms with van der Waals surface area (Å²) in [6.45, 7) is 19.8. The number of piperazine rings is 1. The van der Waals surface area contributed by atoms with Crippen molar-refractivity contribution in [2.75, 3.05) is 59.5 Å². The Morgan fingerprint density at radius 2 is 1.70 bits per heavy atom. The van der Waals surface area contributed by atoms with Crippen molar-refractivity contribution in [1.29, 1.82) is 0 Å². The molecule has 0 saturated carbocycles. The minimum atomic E-state index is -0.593. The molecule has 2 amide bonds. The molecule has 8 nitrogen and oxygen atoms in total. The SMILES string of the molecule is CC(C)C[C@H]1C(=O)N([C@@H](CC(C)C)C(=O)N2CCC3(C[C@@H]2C)OCC(C)(CN2CCC2)CO3)CCN1C. The summed E-state index contributed by atoms with van der Waals surface area (Å²) in [5.41, 5.74) is 0.0263. The largest absolute Gasteiger partial charge is 0.349 e. The van der Waals surface area contributed by atoms with E-state index in [2.05, 4.69) is 51.3 Å². The number of piperidine rings is 1. The number of rotatable bonds is 8. The molecule has 0 aromatic heterocycles. The Bertz CT molecular complexity index is 806. The predicted molar refractivity (Wildman–Crippen MR) is 145 cm³/mol. The maximum atomic E-state index is 14.1. The number of carbonyl (C=O) groups is 2. The first kappa shape index (κ1) is 28.8. The van der Waals surface area contributed by atoms with E-state index in [9.17, 15) is 9.59 Å². The summed E-state index contributed by atoms with van der Waals surface area (Å²) >= 11 is 0. The van der Waals surface area contributed by atoms with E-state index in [1.165, 1.54) is 19.5 Å². The van der Waals surface area contributed by atoms with Crippen LogP contribution in [0.15, 0.2) is 0 Å². The minimum absolute atomic E-state index is 0.00433. The van der Waals surface area contributed by atoms with Crippen molar-refractivity contribution in [3.8, 4) is 0 Å². The second-order valence-electron chi connectivity index (χ2n) is 13.6. The van der Waals surface area contributed by atoms with E-state index in [0.29, 0.717) is 57.4 Å². The fourth-order valence-corrected chi connectivity index (χ4v) is 6.58. The number of likely N-dealkylation sites (tertiary alicyclic amines) is 2. The fraction of sp³-hybridized carbons (Fsp3) is 0.931. The molecule has 4 heterocycles. The highest BCUT2D eigenvalue weighted by molar-refractivity contribution is 5.90. The van der Waals surface area contributed by atoms with Crippen LogP contribution in [0.1, 0.15) is 73.6 Å². The molecule has 0 bridgehead atoms. The molecular weight excluding hydrogens is 468 g/mol. The van der Waals surface area contributed by atoms with Crippen LogP contribution >= 0.6 is 0 Å². The molecule has 0 unspecified atom stereocenters. The minimum Gasteiger partial charge on any atom is -0.349 e. The molecule has 37 heavy (non-hydrogen) atoms. The van der Waals surface area contributed by atoms with Crippen LogP contribution in [0, 0.1) is 17.3 Å². The second-order valence-corrected chi connectivity index (χ2v) is 13.6. The van der Waals surface area contributed by atoms with Crippen molar-refractivity contribution in [3.05, 3.63) is 0 Å². The highest BCUT2D eigenvalue weighted by atomic mass is 16.7. The van der Waals surface area contributed by atoms with Gasteiger partial charge in [0, 0.05) is 50.5 Å². The van der Waals surface area contributed by atoms with Gasteiger partial charge in [0.05, 0.1) is 19.3 Å². The van der Waals surface area contributed by atoms with Crippen molar-refractivity contribution in [2.45, 2.75) is 97.6 Å². The number of ether oxygens (including phenoxy) is 2. The summed E-state index contributed by atoms with van der Waals surface area (Å²) in [6.07, 6.45) is 4.17. The fourth-order valence-electron chi connectivity index (χ4n) is 6.58. The molecule has 0 aromatic carbocycles. The second kappa shape index (κ2) is 11.5. The highest BCUT2D eigenvalue weighted by Gasteiger charge is 2.49. The molecule has 4 aliphatic heterocycles. The summed E-state index contributed by atoms with van der Waals surface area (Å²) < 4.78 is 12.9. The number of amides is 2. The van der Waals surface area contributed by atoms with E-state index in [-0.39, 0.29) is 29.3 Å². The lowest BCUT2D eigenvalue weighted by molar-refractivity contribution is -0.320. The molecule has 4 saturated heterocycles. The van der Waals surface area contributed by atoms with Gasteiger partial charge in [0.1, 0.15) is 6.04 Å².